The molecule has 0 spiro atoms. The summed E-state index contributed by atoms with van der Waals surface area (Å²) in [6.07, 6.45) is 1.70. The number of imidazole rings is 1. The highest BCUT2D eigenvalue weighted by molar-refractivity contribution is 6.33. The van der Waals surface area contributed by atoms with E-state index < -0.39 is 0 Å². The van der Waals surface area contributed by atoms with Crippen molar-refractivity contribution in [1.29, 1.82) is 0 Å². The van der Waals surface area contributed by atoms with Crippen molar-refractivity contribution in [2.24, 2.45) is 7.05 Å². The lowest BCUT2D eigenvalue weighted by molar-refractivity contribution is 0.398. The first-order valence-corrected chi connectivity index (χ1v) is 8.07. The van der Waals surface area contributed by atoms with Crippen molar-refractivity contribution in [3.05, 3.63) is 52.2 Å². The van der Waals surface area contributed by atoms with Gasteiger partial charge in [-0.25, -0.2) is 4.79 Å². The molecule has 4 rings (SSSR count). The van der Waals surface area contributed by atoms with Gasteiger partial charge in [0, 0.05) is 18.5 Å². The zero-order valence-corrected chi connectivity index (χ0v) is 14.7. The largest absolute Gasteiger partial charge is 0.481 e. The Morgan fingerprint density at radius 2 is 2.04 bits per heavy atom. The molecule has 0 amide bonds. The molecule has 1 aromatic carbocycles. The molecule has 0 radical (unpaired) electrons. The van der Waals surface area contributed by atoms with Crippen LogP contribution in [-0.2, 0) is 7.05 Å². The number of nitrogens with zero attached hydrogens (tertiary/aromatic N) is 4. The minimum absolute atomic E-state index is 0.201. The Hall–Kier alpha value is -2.80. The maximum absolute atomic E-state index is 12.9. The Morgan fingerprint density at radius 3 is 2.76 bits per heavy atom. The highest BCUT2D eigenvalue weighted by atomic mass is 35.5. The van der Waals surface area contributed by atoms with Gasteiger partial charge < -0.3 is 4.74 Å². The minimum atomic E-state index is -0.209. The molecule has 4 aromatic rings. The van der Waals surface area contributed by atoms with Crippen molar-refractivity contribution in [2.45, 2.75) is 0 Å². The number of ether oxygens (including phenoxy) is 1. The van der Waals surface area contributed by atoms with Crippen molar-refractivity contribution in [3.63, 3.8) is 0 Å². The fraction of sp³-hybridized carbons (Fsp3) is 0.118. The molecule has 0 aliphatic heterocycles. The van der Waals surface area contributed by atoms with Gasteiger partial charge >= 0.3 is 5.69 Å². The van der Waals surface area contributed by atoms with Crippen LogP contribution < -0.4 is 15.9 Å². The van der Waals surface area contributed by atoms with Crippen molar-refractivity contribution >= 4 is 46.8 Å². The van der Waals surface area contributed by atoms with Crippen LogP contribution in [0.1, 0.15) is 0 Å². The van der Waals surface area contributed by atoms with E-state index in [4.69, 9.17) is 16.3 Å². The quantitative estimate of drug-likeness (QED) is 0.402. The number of hydrogen-bond donors (Lipinski definition) is 0. The van der Waals surface area contributed by atoms with E-state index in [9.17, 15) is 4.79 Å². The fourth-order valence-electron chi connectivity index (χ4n) is 3.03. The monoisotopic (exact) mass is 352 g/mol. The summed E-state index contributed by atoms with van der Waals surface area (Å²) in [5, 5.41) is 1.09. The SMILES string of the molecule is Bc1ccc2ncc3c(c2c1)n(-c1ccc(OC)nc1Cl)c(=O)n3C. The number of halogens is 1. The Bertz CT molecular complexity index is 1200. The standard InChI is InChI=1S/C17H14BClN4O2/c1-22-13-8-20-11-4-3-9(18)7-10(11)15(13)23(17(22)24)12-5-6-14(25-2)21-16(12)19/h3-8H,18H2,1-2H3. The van der Waals surface area contributed by atoms with Gasteiger partial charge in [-0.3, -0.25) is 14.1 Å². The molecular formula is C17H14BClN4O2. The molecule has 0 bridgehead atoms. The van der Waals surface area contributed by atoms with Crippen LogP contribution in [0.25, 0.3) is 27.6 Å². The van der Waals surface area contributed by atoms with Gasteiger partial charge in [0.1, 0.15) is 7.85 Å². The zero-order chi connectivity index (χ0) is 17.7. The number of pyridine rings is 2. The average molecular weight is 353 g/mol. The number of methoxy groups -OCH3 is 1. The molecule has 0 atom stereocenters. The molecule has 0 saturated carbocycles. The maximum Gasteiger partial charge on any atom is 0.333 e. The second kappa shape index (κ2) is 5.63. The number of hydrogen-bond acceptors (Lipinski definition) is 4. The Morgan fingerprint density at radius 1 is 1.24 bits per heavy atom. The first-order chi connectivity index (χ1) is 12.0. The lowest BCUT2D eigenvalue weighted by Crippen LogP contribution is -2.21. The lowest BCUT2D eigenvalue weighted by Gasteiger charge is -2.09. The molecule has 0 saturated heterocycles. The van der Waals surface area contributed by atoms with Crippen molar-refractivity contribution in [3.8, 4) is 11.6 Å². The molecule has 124 valence electrons. The molecule has 0 fully saturated rings. The highest BCUT2D eigenvalue weighted by Gasteiger charge is 2.18. The van der Waals surface area contributed by atoms with E-state index in [1.807, 2.05) is 26.0 Å². The first kappa shape index (κ1) is 15.7. The van der Waals surface area contributed by atoms with Crippen LogP contribution in [0.15, 0.2) is 41.3 Å². The van der Waals surface area contributed by atoms with Gasteiger partial charge in [-0.1, -0.05) is 29.2 Å². The van der Waals surface area contributed by atoms with Crippen LogP contribution in [0.5, 0.6) is 5.88 Å². The second-order valence-corrected chi connectivity index (χ2v) is 6.21. The molecule has 0 N–H and O–H groups in total. The van der Waals surface area contributed by atoms with E-state index in [1.165, 1.54) is 7.11 Å². The van der Waals surface area contributed by atoms with Gasteiger partial charge in [0.15, 0.2) is 5.15 Å². The van der Waals surface area contributed by atoms with Crippen LogP contribution in [0.4, 0.5) is 0 Å². The van der Waals surface area contributed by atoms with Crippen molar-refractivity contribution in [1.82, 2.24) is 19.1 Å². The predicted molar refractivity (Wildman–Crippen MR) is 101 cm³/mol. The second-order valence-electron chi connectivity index (χ2n) is 5.85. The van der Waals surface area contributed by atoms with E-state index in [0.29, 0.717) is 11.6 Å². The lowest BCUT2D eigenvalue weighted by atomic mass is 9.94. The van der Waals surface area contributed by atoms with Gasteiger partial charge in [0.25, 0.3) is 0 Å². The third kappa shape index (κ3) is 2.31. The molecule has 0 aliphatic carbocycles. The molecule has 8 heteroatoms. The van der Waals surface area contributed by atoms with E-state index in [1.54, 1.807) is 34.5 Å². The zero-order valence-electron chi connectivity index (χ0n) is 13.9. The highest BCUT2D eigenvalue weighted by Crippen LogP contribution is 2.28. The maximum atomic E-state index is 12.9. The number of aryl methyl sites for hydroxylation is 1. The van der Waals surface area contributed by atoms with E-state index in [2.05, 4.69) is 9.97 Å². The minimum Gasteiger partial charge on any atom is -0.481 e. The van der Waals surface area contributed by atoms with Crippen LogP contribution in [-0.4, -0.2) is 34.1 Å². The van der Waals surface area contributed by atoms with Crippen LogP contribution in [0.3, 0.4) is 0 Å². The van der Waals surface area contributed by atoms with E-state index in [0.717, 1.165) is 27.4 Å². The number of rotatable bonds is 2. The molecule has 0 unspecified atom stereocenters. The van der Waals surface area contributed by atoms with Crippen molar-refractivity contribution < 1.29 is 4.74 Å². The van der Waals surface area contributed by atoms with Crippen LogP contribution in [0.2, 0.25) is 5.15 Å². The van der Waals surface area contributed by atoms with Gasteiger partial charge in [0.05, 0.1) is 35.5 Å². The Kier molecular flexibility index (Phi) is 3.54. The first-order valence-electron chi connectivity index (χ1n) is 7.69. The Balaban J connectivity index is 2.19. The summed E-state index contributed by atoms with van der Waals surface area (Å²) in [5.41, 5.74) is 3.69. The van der Waals surface area contributed by atoms with Gasteiger partial charge in [0.2, 0.25) is 5.88 Å². The summed E-state index contributed by atoms with van der Waals surface area (Å²) >= 11 is 6.33. The third-order valence-electron chi connectivity index (χ3n) is 4.29. The average Bonchev–Trinajstić information content (AvgIpc) is 2.86. The Labute approximate surface area is 149 Å². The van der Waals surface area contributed by atoms with Gasteiger partial charge in [-0.05, 0) is 12.1 Å². The summed E-state index contributed by atoms with van der Waals surface area (Å²) < 4.78 is 8.23. The normalized spacial score (nSPS) is 11.3. The van der Waals surface area contributed by atoms with Crippen LogP contribution in [0, 0.1) is 0 Å². The summed E-state index contributed by atoms with van der Waals surface area (Å²) in [6, 6.07) is 9.37. The summed E-state index contributed by atoms with van der Waals surface area (Å²) in [6.45, 7) is 0. The summed E-state index contributed by atoms with van der Waals surface area (Å²) in [5.74, 6) is 0.393. The molecule has 25 heavy (non-hydrogen) atoms. The van der Waals surface area contributed by atoms with E-state index in [-0.39, 0.29) is 10.8 Å². The summed E-state index contributed by atoms with van der Waals surface area (Å²) in [4.78, 5) is 21.6. The number of aromatic nitrogens is 4. The van der Waals surface area contributed by atoms with Gasteiger partial charge in [-0.15, -0.1) is 0 Å². The van der Waals surface area contributed by atoms with Gasteiger partial charge in [-0.2, -0.15) is 4.98 Å². The topological polar surface area (TPSA) is 61.9 Å². The predicted octanol–water partition coefficient (Wildman–Crippen LogP) is 1.19. The van der Waals surface area contributed by atoms with Crippen molar-refractivity contribution in [2.75, 3.05) is 7.11 Å². The summed E-state index contributed by atoms with van der Waals surface area (Å²) in [7, 11) is 5.24. The van der Waals surface area contributed by atoms with E-state index >= 15 is 0 Å². The third-order valence-corrected chi connectivity index (χ3v) is 4.57. The molecule has 6 nitrogen and oxygen atoms in total. The molecular weight excluding hydrogens is 338 g/mol. The smallest absolute Gasteiger partial charge is 0.333 e. The molecule has 3 aromatic heterocycles. The fourth-order valence-corrected chi connectivity index (χ4v) is 3.26. The number of fused-ring (bicyclic) bond motifs is 3. The molecule has 3 heterocycles. The number of benzene rings is 1. The van der Waals surface area contributed by atoms with Crippen LogP contribution >= 0.6 is 11.6 Å². The molecule has 0 aliphatic rings.